The van der Waals surface area contributed by atoms with Crippen LogP contribution in [0.15, 0.2) is 77.5 Å². The quantitative estimate of drug-likeness (QED) is 0.664. The molecule has 5 heteroatoms. The SMILES string of the molecule is C=CC.CC.CC1=CCC2OC(C3=CC=CC(C(=O)N[C@@H]4CCc5ccccc54)N3)=NC12. The van der Waals surface area contributed by atoms with Crippen molar-refractivity contribution < 1.29 is 9.53 Å². The molecule has 0 bridgehead atoms. The van der Waals surface area contributed by atoms with Crippen LogP contribution in [0.3, 0.4) is 0 Å². The Morgan fingerprint density at radius 2 is 2.06 bits per heavy atom. The van der Waals surface area contributed by atoms with E-state index in [4.69, 9.17) is 9.73 Å². The lowest BCUT2D eigenvalue weighted by atomic mass is 10.1. The zero-order valence-electron chi connectivity index (χ0n) is 19.6. The molecule has 0 saturated heterocycles. The highest BCUT2D eigenvalue weighted by atomic mass is 16.5. The van der Waals surface area contributed by atoms with E-state index < -0.39 is 6.04 Å². The summed E-state index contributed by atoms with van der Waals surface area (Å²) in [6.07, 6.45) is 12.6. The number of rotatable bonds is 3. The molecule has 2 aliphatic heterocycles. The summed E-state index contributed by atoms with van der Waals surface area (Å²) in [6, 6.07) is 8.14. The molecule has 5 rings (SSSR count). The van der Waals surface area contributed by atoms with Crippen molar-refractivity contribution in [2.45, 2.75) is 71.2 Å². The van der Waals surface area contributed by atoms with E-state index in [2.05, 4.69) is 48.4 Å². The van der Waals surface area contributed by atoms with Gasteiger partial charge in [0.25, 0.3) is 0 Å². The number of hydrogen-bond acceptors (Lipinski definition) is 4. The maximum atomic E-state index is 12.8. The largest absolute Gasteiger partial charge is 0.470 e. The summed E-state index contributed by atoms with van der Waals surface area (Å²) in [5.41, 5.74) is 4.61. The van der Waals surface area contributed by atoms with Gasteiger partial charge in [0.05, 0.1) is 11.7 Å². The Labute approximate surface area is 192 Å². The smallest absolute Gasteiger partial charge is 0.247 e. The molecule has 5 nitrogen and oxygen atoms in total. The number of aryl methyl sites for hydroxylation is 1. The van der Waals surface area contributed by atoms with Crippen LogP contribution >= 0.6 is 0 Å². The summed E-state index contributed by atoms with van der Waals surface area (Å²) in [5.74, 6) is 0.597. The average Bonchev–Trinajstić information content (AvgIpc) is 3.52. The van der Waals surface area contributed by atoms with Crippen molar-refractivity contribution in [2.24, 2.45) is 4.99 Å². The number of carbonyl (C=O) groups is 1. The standard InChI is InChI=1S/C22H23N3O2.C3H6.C2H6/c1-13-9-12-19-20(13)25-22(27-19)18-8-4-7-17(23-18)21(26)24-16-11-10-14-5-2-3-6-15(14)16;1-3-2;1-2/h2-9,16-17,19-20,23H,10-12H2,1H3,(H,24,26);3H,1H2,2H3;1-2H3/t16-,17?,19?,20?;;/m1../s1. The van der Waals surface area contributed by atoms with E-state index in [1.54, 1.807) is 6.08 Å². The third kappa shape index (κ3) is 5.04. The second-order valence-corrected chi connectivity index (χ2v) is 8.01. The van der Waals surface area contributed by atoms with E-state index in [1.807, 2.05) is 45.1 Å². The van der Waals surface area contributed by atoms with Crippen LogP contribution in [-0.4, -0.2) is 30.0 Å². The molecule has 1 aromatic carbocycles. The molecule has 3 unspecified atom stereocenters. The third-order valence-corrected chi connectivity index (χ3v) is 5.85. The van der Waals surface area contributed by atoms with Crippen LogP contribution in [0.4, 0.5) is 0 Å². The zero-order chi connectivity index (χ0) is 23.1. The van der Waals surface area contributed by atoms with E-state index in [9.17, 15) is 4.79 Å². The topological polar surface area (TPSA) is 62.7 Å². The van der Waals surface area contributed by atoms with Crippen molar-refractivity contribution in [3.05, 3.63) is 83.6 Å². The highest BCUT2D eigenvalue weighted by Gasteiger charge is 2.37. The van der Waals surface area contributed by atoms with Crippen LogP contribution in [-0.2, 0) is 16.0 Å². The molecule has 0 aromatic heterocycles. The molecule has 0 radical (unpaired) electrons. The van der Waals surface area contributed by atoms with Crippen LogP contribution in [0.1, 0.15) is 57.7 Å². The molecule has 0 fully saturated rings. The summed E-state index contributed by atoms with van der Waals surface area (Å²) in [7, 11) is 0. The minimum absolute atomic E-state index is 0.0200. The van der Waals surface area contributed by atoms with Gasteiger partial charge in [0.2, 0.25) is 11.8 Å². The average molecular weight is 434 g/mol. The molecule has 2 heterocycles. The second kappa shape index (κ2) is 11.0. The maximum absolute atomic E-state index is 12.8. The highest BCUT2D eigenvalue weighted by molar-refractivity contribution is 5.97. The first-order valence-corrected chi connectivity index (χ1v) is 11.6. The fourth-order valence-corrected chi connectivity index (χ4v) is 4.36. The van der Waals surface area contributed by atoms with Crippen molar-refractivity contribution in [1.82, 2.24) is 10.6 Å². The summed E-state index contributed by atoms with van der Waals surface area (Å²) in [6.45, 7) is 11.3. The number of dihydropyridines is 1. The molecule has 0 spiro atoms. The number of hydrogen-bond donors (Lipinski definition) is 2. The predicted octanol–water partition coefficient (Wildman–Crippen LogP) is 4.94. The minimum atomic E-state index is -0.416. The van der Waals surface area contributed by atoms with E-state index in [1.165, 1.54) is 16.7 Å². The number of allylic oxidation sites excluding steroid dienone is 3. The van der Waals surface area contributed by atoms with Gasteiger partial charge in [-0.3, -0.25) is 4.79 Å². The monoisotopic (exact) mass is 433 g/mol. The first-order valence-electron chi connectivity index (χ1n) is 11.6. The van der Waals surface area contributed by atoms with Crippen molar-refractivity contribution in [3.63, 3.8) is 0 Å². The Bertz CT molecular complexity index is 957. The van der Waals surface area contributed by atoms with Crippen LogP contribution < -0.4 is 10.6 Å². The highest BCUT2D eigenvalue weighted by Crippen LogP contribution is 2.32. The van der Waals surface area contributed by atoms with Gasteiger partial charge in [-0.1, -0.05) is 62.4 Å². The molecule has 4 aliphatic rings. The molecule has 2 N–H and O–H groups in total. The number of amides is 1. The van der Waals surface area contributed by atoms with Gasteiger partial charge >= 0.3 is 0 Å². The van der Waals surface area contributed by atoms with Crippen molar-refractivity contribution in [2.75, 3.05) is 0 Å². The van der Waals surface area contributed by atoms with Crippen LogP contribution in [0, 0.1) is 0 Å². The number of ether oxygens (including phenoxy) is 1. The minimum Gasteiger partial charge on any atom is -0.470 e. The van der Waals surface area contributed by atoms with Gasteiger partial charge in [-0.2, -0.15) is 0 Å². The second-order valence-electron chi connectivity index (χ2n) is 8.01. The Kier molecular flexibility index (Phi) is 8.09. The fourth-order valence-electron chi connectivity index (χ4n) is 4.36. The molecule has 1 amide bonds. The molecular weight excluding hydrogens is 398 g/mol. The van der Waals surface area contributed by atoms with Crippen LogP contribution in [0.25, 0.3) is 0 Å². The van der Waals surface area contributed by atoms with Gasteiger partial charge in [0.1, 0.15) is 18.2 Å². The summed E-state index contributed by atoms with van der Waals surface area (Å²) < 4.78 is 6.00. The van der Waals surface area contributed by atoms with Crippen molar-refractivity contribution in [3.8, 4) is 0 Å². The van der Waals surface area contributed by atoms with Gasteiger partial charge in [-0.15, -0.1) is 6.58 Å². The number of nitrogens with one attached hydrogen (secondary N) is 2. The maximum Gasteiger partial charge on any atom is 0.247 e. The first kappa shape index (κ1) is 23.6. The number of nitrogens with zero attached hydrogens (tertiary/aromatic N) is 1. The molecule has 1 aromatic rings. The van der Waals surface area contributed by atoms with Gasteiger partial charge < -0.3 is 15.4 Å². The van der Waals surface area contributed by atoms with Gasteiger partial charge in [-0.25, -0.2) is 4.99 Å². The Morgan fingerprint density at radius 1 is 1.31 bits per heavy atom. The van der Waals surface area contributed by atoms with Gasteiger partial charge in [0, 0.05) is 6.42 Å². The number of carbonyl (C=O) groups excluding carboxylic acids is 1. The van der Waals surface area contributed by atoms with E-state index in [-0.39, 0.29) is 24.1 Å². The van der Waals surface area contributed by atoms with Crippen molar-refractivity contribution >= 4 is 11.8 Å². The third-order valence-electron chi connectivity index (χ3n) is 5.85. The first-order chi connectivity index (χ1) is 15.6. The molecule has 32 heavy (non-hydrogen) atoms. The lowest BCUT2D eigenvalue weighted by molar-refractivity contribution is -0.122. The summed E-state index contributed by atoms with van der Waals surface area (Å²) in [5, 5.41) is 6.48. The normalized spacial score (nSPS) is 26.3. The molecule has 0 saturated carbocycles. The van der Waals surface area contributed by atoms with Gasteiger partial charge in [-0.05, 0) is 49.5 Å². The van der Waals surface area contributed by atoms with Crippen LogP contribution in [0.2, 0.25) is 0 Å². The van der Waals surface area contributed by atoms with E-state index in [0.29, 0.717) is 5.90 Å². The van der Waals surface area contributed by atoms with Crippen molar-refractivity contribution in [1.29, 1.82) is 0 Å². The van der Waals surface area contributed by atoms with E-state index >= 15 is 0 Å². The predicted molar refractivity (Wildman–Crippen MR) is 131 cm³/mol. The Balaban J connectivity index is 0.000000536. The number of aliphatic imine (C=N–C) groups is 1. The molecule has 170 valence electrons. The number of benzene rings is 1. The zero-order valence-corrected chi connectivity index (χ0v) is 19.6. The lowest BCUT2D eigenvalue weighted by Gasteiger charge is -2.23. The summed E-state index contributed by atoms with van der Waals surface area (Å²) >= 11 is 0. The molecule has 2 aliphatic carbocycles. The number of fused-ring (bicyclic) bond motifs is 2. The molecular formula is C27H35N3O2. The van der Waals surface area contributed by atoms with Crippen LogP contribution in [0.5, 0.6) is 0 Å². The Hall–Kier alpha value is -3.08. The summed E-state index contributed by atoms with van der Waals surface area (Å²) in [4.78, 5) is 17.5. The Morgan fingerprint density at radius 3 is 2.81 bits per heavy atom. The molecule has 4 atom stereocenters. The van der Waals surface area contributed by atoms with Gasteiger partial charge in [0.15, 0.2) is 0 Å². The van der Waals surface area contributed by atoms with E-state index in [0.717, 1.165) is 25.0 Å². The fraction of sp³-hybridized carbons (Fsp3) is 0.407. The lowest BCUT2D eigenvalue weighted by Crippen LogP contribution is -2.45.